The fourth-order valence-corrected chi connectivity index (χ4v) is 3.57. The van der Waals surface area contributed by atoms with Crippen LogP contribution in [0.4, 0.5) is 5.82 Å². The van der Waals surface area contributed by atoms with Gasteiger partial charge in [0.05, 0.1) is 12.3 Å². The highest BCUT2D eigenvalue weighted by atomic mass is 79.9. The lowest BCUT2D eigenvalue weighted by Crippen LogP contribution is -2.00. The zero-order valence-corrected chi connectivity index (χ0v) is 18.8. The number of nitrogens with two attached hydrogens (primary N) is 1. The maximum absolute atomic E-state index is 9.62. The molecule has 0 saturated heterocycles. The van der Waals surface area contributed by atoms with Crippen molar-refractivity contribution < 1.29 is 4.74 Å². The minimum absolute atomic E-state index is 0.236. The number of nitrogen functional groups attached to an aromatic ring is 1. The van der Waals surface area contributed by atoms with E-state index in [1.807, 2.05) is 54.6 Å². The second kappa shape index (κ2) is 10.8. The fourth-order valence-electron chi connectivity index (χ4n) is 3.30. The van der Waals surface area contributed by atoms with Gasteiger partial charge >= 0.3 is 0 Å². The number of halogens is 1. The van der Waals surface area contributed by atoms with Crippen molar-refractivity contribution in [1.29, 1.82) is 5.26 Å². The summed E-state index contributed by atoms with van der Waals surface area (Å²) in [6.07, 6.45) is 6.06. The molecule has 0 aliphatic heterocycles. The molecule has 0 aliphatic carbocycles. The van der Waals surface area contributed by atoms with Crippen LogP contribution in [0, 0.1) is 11.3 Å². The van der Waals surface area contributed by atoms with E-state index in [-0.39, 0.29) is 5.82 Å². The van der Waals surface area contributed by atoms with Gasteiger partial charge in [0.2, 0.25) is 0 Å². The van der Waals surface area contributed by atoms with E-state index < -0.39 is 0 Å². The van der Waals surface area contributed by atoms with Gasteiger partial charge in [-0.3, -0.25) is 0 Å². The summed E-state index contributed by atoms with van der Waals surface area (Å²) in [6.45, 7) is 2.94. The van der Waals surface area contributed by atoms with Crippen molar-refractivity contribution in [2.45, 2.75) is 39.0 Å². The van der Waals surface area contributed by atoms with Crippen molar-refractivity contribution >= 4 is 21.7 Å². The normalized spacial score (nSPS) is 10.6. The predicted octanol–water partition coefficient (Wildman–Crippen LogP) is 6.98. The average Bonchev–Trinajstić information content (AvgIpc) is 2.76. The second-order valence-electron chi connectivity index (χ2n) is 7.22. The molecule has 3 aromatic rings. The number of hydrogen-bond donors (Lipinski definition) is 1. The summed E-state index contributed by atoms with van der Waals surface area (Å²) in [4.78, 5) is 4.43. The molecule has 0 fully saturated rings. The van der Waals surface area contributed by atoms with E-state index in [0.29, 0.717) is 5.56 Å². The Hall–Kier alpha value is -2.84. The molecule has 0 amide bonds. The van der Waals surface area contributed by atoms with Gasteiger partial charge in [-0.05, 0) is 42.3 Å². The van der Waals surface area contributed by atoms with Crippen LogP contribution in [0.25, 0.3) is 22.4 Å². The number of hydrogen-bond acceptors (Lipinski definition) is 4. The third kappa shape index (κ3) is 5.61. The van der Waals surface area contributed by atoms with Crippen LogP contribution < -0.4 is 10.5 Å². The highest BCUT2D eigenvalue weighted by Gasteiger charge is 2.13. The maximum atomic E-state index is 9.62. The van der Waals surface area contributed by atoms with E-state index in [1.165, 1.54) is 25.7 Å². The standard InChI is InChI=1S/C25H26BrN3O/c1-2-3-4-5-6-15-30-21-13-9-18(10-14-21)22-16-24(29-25(28)23(22)17-27)19-7-11-20(26)12-8-19/h7-14,16H,2-6,15H2,1H3,(H2,28,29). The lowest BCUT2D eigenvalue weighted by molar-refractivity contribution is 0.304. The van der Waals surface area contributed by atoms with E-state index >= 15 is 0 Å². The van der Waals surface area contributed by atoms with Crippen LogP contribution in [-0.4, -0.2) is 11.6 Å². The Kier molecular flexibility index (Phi) is 7.87. The van der Waals surface area contributed by atoms with Crippen LogP contribution in [0.5, 0.6) is 5.75 Å². The Bertz CT molecular complexity index is 1010. The number of pyridine rings is 1. The molecule has 0 spiro atoms. The number of unbranched alkanes of at least 4 members (excludes halogenated alkanes) is 4. The molecular weight excluding hydrogens is 438 g/mol. The summed E-state index contributed by atoms with van der Waals surface area (Å²) in [5, 5.41) is 9.62. The SMILES string of the molecule is CCCCCCCOc1ccc(-c2cc(-c3ccc(Br)cc3)nc(N)c2C#N)cc1. The van der Waals surface area contributed by atoms with E-state index in [0.717, 1.165) is 45.6 Å². The van der Waals surface area contributed by atoms with E-state index in [1.54, 1.807) is 0 Å². The molecular formula is C25H26BrN3O. The summed E-state index contributed by atoms with van der Waals surface area (Å²) in [7, 11) is 0. The quantitative estimate of drug-likeness (QED) is 0.347. The van der Waals surface area contributed by atoms with Crippen LogP contribution >= 0.6 is 15.9 Å². The molecule has 4 nitrogen and oxygen atoms in total. The Balaban J connectivity index is 1.79. The molecule has 0 saturated carbocycles. The first-order valence-electron chi connectivity index (χ1n) is 10.3. The maximum Gasteiger partial charge on any atom is 0.142 e. The first kappa shape index (κ1) is 21.9. The largest absolute Gasteiger partial charge is 0.494 e. The van der Waals surface area contributed by atoms with Gasteiger partial charge < -0.3 is 10.5 Å². The Morgan fingerprint density at radius 3 is 2.30 bits per heavy atom. The molecule has 154 valence electrons. The van der Waals surface area contributed by atoms with Crippen LogP contribution in [-0.2, 0) is 0 Å². The van der Waals surface area contributed by atoms with Crippen LogP contribution in [0.1, 0.15) is 44.6 Å². The highest BCUT2D eigenvalue weighted by Crippen LogP contribution is 2.32. The first-order chi connectivity index (χ1) is 14.6. The molecule has 5 heteroatoms. The van der Waals surface area contributed by atoms with Crippen LogP contribution in [0.15, 0.2) is 59.1 Å². The van der Waals surface area contributed by atoms with Crippen molar-refractivity contribution in [2.75, 3.05) is 12.3 Å². The van der Waals surface area contributed by atoms with Crippen molar-refractivity contribution in [3.63, 3.8) is 0 Å². The van der Waals surface area contributed by atoms with Crippen LogP contribution in [0.3, 0.4) is 0 Å². The number of anilines is 1. The van der Waals surface area contributed by atoms with Gasteiger partial charge in [0.1, 0.15) is 23.2 Å². The first-order valence-corrected chi connectivity index (χ1v) is 11.1. The predicted molar refractivity (Wildman–Crippen MR) is 126 cm³/mol. The molecule has 1 heterocycles. The average molecular weight is 464 g/mol. The summed E-state index contributed by atoms with van der Waals surface area (Å²) in [5.41, 5.74) is 9.87. The van der Waals surface area contributed by atoms with Gasteiger partial charge in [0.25, 0.3) is 0 Å². The molecule has 2 N–H and O–H groups in total. The second-order valence-corrected chi connectivity index (χ2v) is 8.14. The third-order valence-corrected chi connectivity index (χ3v) is 5.51. The smallest absolute Gasteiger partial charge is 0.142 e. The topological polar surface area (TPSA) is 71.9 Å². The molecule has 2 aromatic carbocycles. The number of ether oxygens (including phenoxy) is 1. The van der Waals surface area contributed by atoms with Gasteiger partial charge in [-0.15, -0.1) is 0 Å². The molecule has 3 rings (SSSR count). The summed E-state index contributed by atoms with van der Waals surface area (Å²) >= 11 is 3.45. The van der Waals surface area contributed by atoms with E-state index in [2.05, 4.69) is 33.9 Å². The highest BCUT2D eigenvalue weighted by molar-refractivity contribution is 9.10. The van der Waals surface area contributed by atoms with Gasteiger partial charge in [-0.1, -0.05) is 72.8 Å². The lowest BCUT2D eigenvalue weighted by atomic mass is 9.98. The molecule has 0 unspecified atom stereocenters. The van der Waals surface area contributed by atoms with Crippen molar-refractivity contribution in [1.82, 2.24) is 4.98 Å². The van der Waals surface area contributed by atoms with Crippen molar-refractivity contribution in [3.8, 4) is 34.2 Å². The number of nitrogens with zero attached hydrogens (tertiary/aromatic N) is 2. The van der Waals surface area contributed by atoms with E-state index in [4.69, 9.17) is 10.5 Å². The summed E-state index contributed by atoms with van der Waals surface area (Å²) < 4.78 is 6.85. The fraction of sp³-hybridized carbons (Fsp3) is 0.280. The van der Waals surface area contributed by atoms with Gasteiger partial charge in [-0.25, -0.2) is 4.98 Å². The monoisotopic (exact) mass is 463 g/mol. The Morgan fingerprint density at radius 2 is 1.63 bits per heavy atom. The van der Waals surface area contributed by atoms with Gasteiger partial charge in [0.15, 0.2) is 0 Å². The summed E-state index contributed by atoms with van der Waals surface area (Å²) in [5.74, 6) is 1.07. The Morgan fingerprint density at radius 1 is 0.967 bits per heavy atom. The van der Waals surface area contributed by atoms with Gasteiger partial charge in [-0.2, -0.15) is 5.26 Å². The van der Waals surface area contributed by atoms with Crippen molar-refractivity contribution in [3.05, 3.63) is 64.6 Å². The minimum atomic E-state index is 0.236. The zero-order chi connectivity index (χ0) is 21.3. The van der Waals surface area contributed by atoms with Gasteiger partial charge in [0, 0.05) is 15.6 Å². The molecule has 30 heavy (non-hydrogen) atoms. The molecule has 1 aromatic heterocycles. The molecule has 0 bridgehead atoms. The number of nitriles is 1. The molecule has 0 aliphatic rings. The van der Waals surface area contributed by atoms with E-state index in [9.17, 15) is 5.26 Å². The number of benzene rings is 2. The zero-order valence-electron chi connectivity index (χ0n) is 17.2. The number of aromatic nitrogens is 1. The Labute approximate surface area is 186 Å². The molecule has 0 atom stereocenters. The summed E-state index contributed by atoms with van der Waals surface area (Å²) in [6, 6.07) is 19.8. The molecule has 0 radical (unpaired) electrons. The minimum Gasteiger partial charge on any atom is -0.494 e. The third-order valence-electron chi connectivity index (χ3n) is 4.98. The lowest BCUT2D eigenvalue weighted by Gasteiger charge is -2.11. The number of rotatable bonds is 9. The van der Waals surface area contributed by atoms with Crippen LogP contribution in [0.2, 0.25) is 0 Å². The van der Waals surface area contributed by atoms with Crippen molar-refractivity contribution in [2.24, 2.45) is 0 Å².